The van der Waals surface area contributed by atoms with Crippen molar-refractivity contribution in [2.45, 2.75) is 55.4 Å². The molecule has 8 heterocycles. The summed E-state index contributed by atoms with van der Waals surface area (Å²) in [5, 5.41) is 1.50. The number of nitrogens with one attached hydrogen (secondary N) is 4. The van der Waals surface area contributed by atoms with Crippen molar-refractivity contribution in [2.24, 2.45) is 0 Å². The number of nitrogens with zero attached hydrogens (tertiary/aromatic N) is 6. The van der Waals surface area contributed by atoms with Crippen molar-refractivity contribution in [3.8, 4) is 121 Å². The van der Waals surface area contributed by atoms with Crippen molar-refractivity contribution in [1.82, 2.24) is 49.0 Å². The van der Waals surface area contributed by atoms with Crippen LogP contribution in [0.25, 0.3) is 121 Å². The molecule has 8 aromatic heterocycles. The van der Waals surface area contributed by atoms with Crippen LogP contribution in [0.2, 0.25) is 10.0 Å². The van der Waals surface area contributed by atoms with Crippen LogP contribution in [0, 0.1) is 72.8 Å². The smallest absolute Gasteiger partial charge is 0.150 e. The van der Waals surface area contributed by atoms with Gasteiger partial charge in [0.15, 0.2) is 0 Å². The third-order valence-electron chi connectivity index (χ3n) is 17.3. The van der Waals surface area contributed by atoms with Crippen LogP contribution in [0.4, 0.5) is 13.2 Å². The molecule has 101 heavy (non-hydrogen) atoms. The van der Waals surface area contributed by atoms with E-state index in [1.165, 1.54) is 34.7 Å². The van der Waals surface area contributed by atoms with Gasteiger partial charge in [0.1, 0.15) is 40.7 Å². The van der Waals surface area contributed by atoms with Gasteiger partial charge in [-0.3, -0.25) is 0 Å². The summed E-state index contributed by atoms with van der Waals surface area (Å²) >= 11 is 15.4. The van der Waals surface area contributed by atoms with E-state index < -0.39 is 11.6 Å². The van der Waals surface area contributed by atoms with Crippen molar-refractivity contribution in [1.29, 1.82) is 0 Å². The molecule has 0 amide bonds. The van der Waals surface area contributed by atoms with E-state index in [0.717, 1.165) is 167 Å². The van der Waals surface area contributed by atoms with E-state index in [1.54, 1.807) is 39.4 Å². The number of benzene rings is 8. The molecule has 0 spiro atoms. The quantitative estimate of drug-likeness (QED) is 0.0972. The standard InChI is InChI=1S/C22H20ClN3.C22H19F2N3.C20H15ClN2S.C20H15FN2S/c1-14-13-20(16(3)26(14)19-11-9-18(23)10-12-19)22-24-15(2)21(25-22)17-7-5-4-6-8-17;1-13-11-18(15(3)27(13)20-10-9-17(23)12-19(20)24)22-25-14(2)21(26-22)16-7-5-4-6-8-16;2*1-13-19(15-5-3-2-4-6-15)23-20(22-13)18-12-11-17(24-18)14-7-9-16(21)10-8-14/h4-13H,1-3H3,(H,24,25);4-12H,1-3H3,(H,25,26);2*2-12H,1H3,(H,22,23). The van der Waals surface area contributed by atoms with Gasteiger partial charge in [0.05, 0.1) is 38.2 Å². The average Bonchev–Trinajstić information content (AvgIpc) is 1.64. The number of H-pyrrole nitrogens is 4. The first kappa shape index (κ1) is 68.5. The molecule has 0 saturated heterocycles. The van der Waals surface area contributed by atoms with E-state index >= 15 is 0 Å². The van der Waals surface area contributed by atoms with Gasteiger partial charge in [-0.25, -0.2) is 33.1 Å². The molecule has 0 radical (unpaired) electrons. The molecular formula is C84H69Cl2F3N10S2. The third kappa shape index (κ3) is 15.2. The average molecular weight is 1410 g/mol. The highest BCUT2D eigenvalue weighted by Gasteiger charge is 2.22. The predicted octanol–water partition coefficient (Wildman–Crippen LogP) is 24.2. The number of aromatic amines is 4. The molecule has 502 valence electrons. The Hall–Kier alpha value is -11.1. The number of halogens is 5. The maximum Gasteiger partial charge on any atom is 0.150 e. The fraction of sp³-hybridized carbons (Fsp3) is 0.0952. The van der Waals surface area contributed by atoms with E-state index in [1.807, 2.05) is 173 Å². The first-order valence-electron chi connectivity index (χ1n) is 32.7. The lowest BCUT2D eigenvalue weighted by Gasteiger charge is -2.11. The highest BCUT2D eigenvalue weighted by molar-refractivity contribution is 7.19. The molecule has 0 fully saturated rings. The minimum atomic E-state index is -0.594. The fourth-order valence-electron chi connectivity index (χ4n) is 12.3. The van der Waals surface area contributed by atoms with Gasteiger partial charge in [-0.15, -0.1) is 22.7 Å². The normalized spacial score (nSPS) is 11.0. The largest absolute Gasteiger partial charge is 0.341 e. The van der Waals surface area contributed by atoms with Crippen LogP contribution in [0.15, 0.2) is 249 Å². The number of hydrogen-bond acceptors (Lipinski definition) is 6. The van der Waals surface area contributed by atoms with E-state index in [9.17, 15) is 13.2 Å². The van der Waals surface area contributed by atoms with Crippen molar-refractivity contribution in [2.75, 3.05) is 0 Å². The topological polar surface area (TPSA) is 125 Å². The second-order valence-electron chi connectivity index (χ2n) is 24.4. The Labute approximate surface area is 602 Å². The molecule has 0 unspecified atom stereocenters. The van der Waals surface area contributed by atoms with Gasteiger partial charge in [0, 0.05) is 110 Å². The molecule has 17 heteroatoms. The van der Waals surface area contributed by atoms with E-state index in [0.29, 0.717) is 5.69 Å². The van der Waals surface area contributed by atoms with Crippen LogP contribution in [0.5, 0.6) is 0 Å². The zero-order valence-corrected chi connectivity index (χ0v) is 59.7. The second-order valence-corrected chi connectivity index (χ2v) is 27.4. The van der Waals surface area contributed by atoms with Gasteiger partial charge in [-0.2, -0.15) is 0 Å². The number of hydrogen-bond donors (Lipinski definition) is 4. The summed E-state index contributed by atoms with van der Waals surface area (Å²) in [5.74, 6) is 2.01. The molecule has 16 aromatic rings. The number of imidazole rings is 4. The van der Waals surface area contributed by atoms with Gasteiger partial charge in [-0.05, 0) is 164 Å². The lowest BCUT2D eigenvalue weighted by molar-refractivity contribution is 0.576. The van der Waals surface area contributed by atoms with Crippen LogP contribution >= 0.6 is 45.9 Å². The maximum atomic E-state index is 14.3. The molecule has 0 aliphatic rings. The summed E-state index contributed by atoms with van der Waals surface area (Å²) in [5.41, 5.74) is 22.0. The summed E-state index contributed by atoms with van der Waals surface area (Å²) < 4.78 is 44.7. The van der Waals surface area contributed by atoms with Gasteiger partial charge < -0.3 is 29.1 Å². The van der Waals surface area contributed by atoms with Crippen molar-refractivity contribution in [3.63, 3.8) is 0 Å². The van der Waals surface area contributed by atoms with E-state index in [4.69, 9.17) is 43.1 Å². The highest BCUT2D eigenvalue weighted by atomic mass is 35.5. The molecular weight excluding hydrogens is 1340 g/mol. The number of rotatable bonds is 12. The lowest BCUT2D eigenvalue weighted by Crippen LogP contribution is -2.02. The minimum absolute atomic E-state index is 0.218. The SMILES string of the molecule is Cc1[nH]c(-c2cc(C)n(-c3ccc(Cl)cc3)c2C)nc1-c1ccccc1.Cc1[nH]c(-c2cc(C)n(-c3ccc(F)cc3F)c2C)nc1-c1ccccc1.Cc1[nH]c(-c2ccc(-c3ccc(Cl)cc3)s2)nc1-c1ccccc1.Cc1[nH]c(-c2ccc(-c3ccc(F)cc3)s2)nc1-c1ccccc1. The number of aromatic nitrogens is 10. The summed E-state index contributed by atoms with van der Waals surface area (Å²) in [7, 11) is 0. The molecule has 0 aliphatic carbocycles. The molecule has 4 N–H and O–H groups in total. The molecule has 0 saturated carbocycles. The molecule has 16 rings (SSSR count). The Morgan fingerprint density at radius 1 is 0.317 bits per heavy atom. The molecule has 0 atom stereocenters. The van der Waals surface area contributed by atoms with Crippen molar-refractivity contribution >= 4 is 45.9 Å². The monoisotopic (exact) mass is 1410 g/mol. The summed E-state index contributed by atoms with van der Waals surface area (Å²) in [4.78, 5) is 37.3. The zero-order valence-electron chi connectivity index (χ0n) is 56.6. The first-order valence-corrected chi connectivity index (χ1v) is 35.1. The molecule has 0 aliphatic heterocycles. The summed E-state index contributed by atoms with van der Waals surface area (Å²) in [6.07, 6.45) is 0. The van der Waals surface area contributed by atoms with Crippen molar-refractivity contribution < 1.29 is 13.2 Å². The zero-order chi connectivity index (χ0) is 70.4. The van der Waals surface area contributed by atoms with Crippen LogP contribution in [0.3, 0.4) is 0 Å². The maximum absolute atomic E-state index is 14.3. The molecule has 0 bridgehead atoms. The Kier molecular flexibility index (Phi) is 20.5. The van der Waals surface area contributed by atoms with E-state index in [2.05, 4.69) is 113 Å². The summed E-state index contributed by atoms with van der Waals surface area (Å²) in [6, 6.07) is 79.1. The lowest BCUT2D eigenvalue weighted by atomic mass is 10.1. The van der Waals surface area contributed by atoms with Crippen LogP contribution in [-0.2, 0) is 0 Å². The Morgan fingerprint density at radius 3 is 1.04 bits per heavy atom. The minimum Gasteiger partial charge on any atom is -0.341 e. The predicted molar refractivity (Wildman–Crippen MR) is 411 cm³/mol. The Bertz CT molecular complexity index is 5330. The summed E-state index contributed by atoms with van der Waals surface area (Å²) in [6.45, 7) is 16.2. The third-order valence-corrected chi connectivity index (χ3v) is 20.1. The van der Waals surface area contributed by atoms with Crippen LogP contribution in [0.1, 0.15) is 45.6 Å². The van der Waals surface area contributed by atoms with Crippen LogP contribution < -0.4 is 0 Å². The Balaban J connectivity index is 0.000000121. The number of thiophene rings is 2. The van der Waals surface area contributed by atoms with Gasteiger partial charge in [0.25, 0.3) is 0 Å². The second kappa shape index (κ2) is 30.2. The van der Waals surface area contributed by atoms with Gasteiger partial charge >= 0.3 is 0 Å². The highest BCUT2D eigenvalue weighted by Crippen LogP contribution is 2.39. The molecule has 10 nitrogen and oxygen atoms in total. The van der Waals surface area contributed by atoms with Crippen molar-refractivity contribution in [3.05, 3.63) is 322 Å². The van der Waals surface area contributed by atoms with Crippen LogP contribution in [-0.4, -0.2) is 49.0 Å². The van der Waals surface area contributed by atoms with E-state index in [-0.39, 0.29) is 5.82 Å². The fourth-order valence-corrected chi connectivity index (χ4v) is 14.5. The first-order chi connectivity index (χ1) is 48.9. The van der Waals surface area contributed by atoms with Gasteiger partial charge in [0.2, 0.25) is 0 Å². The number of aryl methyl sites for hydroxylation is 6. The molecule has 8 aromatic carbocycles. The van der Waals surface area contributed by atoms with Gasteiger partial charge in [-0.1, -0.05) is 169 Å². The Morgan fingerprint density at radius 2 is 0.644 bits per heavy atom.